The van der Waals surface area contributed by atoms with Gasteiger partial charge in [-0.1, -0.05) is 19.9 Å². The number of aromatic nitrogens is 2. The molecule has 0 unspecified atom stereocenters. The first-order chi connectivity index (χ1) is 12.7. The van der Waals surface area contributed by atoms with Crippen molar-refractivity contribution in [1.82, 2.24) is 9.97 Å². The van der Waals surface area contributed by atoms with Gasteiger partial charge < -0.3 is 4.42 Å². The van der Waals surface area contributed by atoms with Crippen LogP contribution in [-0.2, 0) is 5.41 Å². The molecule has 0 radical (unpaired) electrons. The molecule has 0 saturated carbocycles. The molecule has 124 valence electrons. The van der Waals surface area contributed by atoms with Gasteiger partial charge in [-0.2, -0.15) is 0 Å². The Morgan fingerprint density at radius 1 is 0.846 bits per heavy atom. The topological polar surface area (TPSA) is 38.9 Å². The first kappa shape index (κ1) is 14.0. The second kappa shape index (κ2) is 4.50. The fourth-order valence-corrected chi connectivity index (χ4v) is 4.58. The lowest BCUT2D eigenvalue weighted by molar-refractivity contribution is 0.657. The summed E-state index contributed by atoms with van der Waals surface area (Å²) in [6.07, 6.45) is 3.70. The van der Waals surface area contributed by atoms with Crippen LogP contribution in [0.2, 0.25) is 0 Å². The number of hydrogen-bond acceptors (Lipinski definition) is 3. The SMILES string of the molecule is CC1(C)c2cccnc2-c2ccc3oc4c5cccnc5ccc4c3c21. The fourth-order valence-electron chi connectivity index (χ4n) is 4.58. The second-order valence-electron chi connectivity index (χ2n) is 7.50. The largest absolute Gasteiger partial charge is 0.455 e. The molecular weight excluding hydrogens is 320 g/mol. The Morgan fingerprint density at radius 2 is 1.69 bits per heavy atom. The molecule has 3 nitrogen and oxygen atoms in total. The third-order valence-corrected chi connectivity index (χ3v) is 5.75. The van der Waals surface area contributed by atoms with E-state index in [4.69, 9.17) is 4.42 Å². The van der Waals surface area contributed by atoms with E-state index in [1.807, 2.05) is 24.5 Å². The van der Waals surface area contributed by atoms with Crippen molar-refractivity contribution in [2.75, 3.05) is 0 Å². The van der Waals surface area contributed by atoms with Gasteiger partial charge >= 0.3 is 0 Å². The van der Waals surface area contributed by atoms with Crippen molar-refractivity contribution < 1.29 is 4.42 Å². The minimum atomic E-state index is -0.112. The third kappa shape index (κ3) is 1.54. The Balaban J connectivity index is 1.84. The maximum Gasteiger partial charge on any atom is 0.144 e. The van der Waals surface area contributed by atoms with Gasteiger partial charge in [-0.05, 0) is 53.6 Å². The number of benzene rings is 2. The number of hydrogen-bond donors (Lipinski definition) is 0. The molecule has 3 heteroatoms. The van der Waals surface area contributed by atoms with E-state index in [0.29, 0.717) is 0 Å². The van der Waals surface area contributed by atoms with Crippen molar-refractivity contribution in [3.05, 3.63) is 72.1 Å². The maximum atomic E-state index is 6.32. The summed E-state index contributed by atoms with van der Waals surface area (Å²) in [6, 6.07) is 16.7. The van der Waals surface area contributed by atoms with Crippen molar-refractivity contribution in [1.29, 1.82) is 0 Å². The van der Waals surface area contributed by atoms with Crippen molar-refractivity contribution in [2.45, 2.75) is 19.3 Å². The van der Waals surface area contributed by atoms with Gasteiger partial charge in [-0.3, -0.25) is 9.97 Å². The van der Waals surface area contributed by atoms with Gasteiger partial charge in [0.05, 0.1) is 11.2 Å². The molecule has 1 aliphatic carbocycles. The summed E-state index contributed by atoms with van der Waals surface area (Å²) in [4.78, 5) is 9.14. The van der Waals surface area contributed by atoms with E-state index in [1.54, 1.807) is 0 Å². The van der Waals surface area contributed by atoms with Crippen LogP contribution in [0.15, 0.2) is 65.3 Å². The van der Waals surface area contributed by atoms with E-state index >= 15 is 0 Å². The molecule has 2 aromatic carbocycles. The van der Waals surface area contributed by atoms with Crippen molar-refractivity contribution in [2.24, 2.45) is 0 Å². The highest BCUT2D eigenvalue weighted by molar-refractivity contribution is 6.17. The van der Waals surface area contributed by atoms with E-state index in [1.165, 1.54) is 22.1 Å². The average Bonchev–Trinajstić information content (AvgIpc) is 3.16. The van der Waals surface area contributed by atoms with Gasteiger partial charge in [-0.15, -0.1) is 0 Å². The molecule has 1 aliphatic rings. The van der Waals surface area contributed by atoms with Crippen LogP contribution in [0, 0.1) is 0 Å². The molecule has 6 rings (SSSR count). The van der Waals surface area contributed by atoms with Crippen LogP contribution in [0.4, 0.5) is 0 Å². The molecule has 0 atom stereocenters. The van der Waals surface area contributed by atoms with Gasteiger partial charge in [0.1, 0.15) is 11.2 Å². The zero-order valence-corrected chi connectivity index (χ0v) is 14.6. The lowest BCUT2D eigenvalue weighted by Gasteiger charge is -2.21. The number of pyridine rings is 2. The van der Waals surface area contributed by atoms with E-state index < -0.39 is 0 Å². The number of furan rings is 1. The minimum absolute atomic E-state index is 0.112. The lowest BCUT2D eigenvalue weighted by Crippen LogP contribution is -2.15. The van der Waals surface area contributed by atoms with Crippen LogP contribution in [0.1, 0.15) is 25.0 Å². The molecule has 0 aliphatic heterocycles. The zero-order chi connectivity index (χ0) is 17.5. The van der Waals surface area contributed by atoms with Crippen LogP contribution in [0.25, 0.3) is 44.1 Å². The highest BCUT2D eigenvalue weighted by atomic mass is 16.3. The predicted octanol–water partition coefficient (Wildman–Crippen LogP) is 5.84. The molecule has 5 aromatic rings. The number of rotatable bonds is 0. The Hall–Kier alpha value is -3.20. The van der Waals surface area contributed by atoms with E-state index in [-0.39, 0.29) is 5.41 Å². The van der Waals surface area contributed by atoms with E-state index in [9.17, 15) is 0 Å². The molecule has 26 heavy (non-hydrogen) atoms. The summed E-state index contributed by atoms with van der Waals surface area (Å²) in [6.45, 7) is 4.56. The molecule has 0 N–H and O–H groups in total. The van der Waals surface area contributed by atoms with E-state index in [0.717, 1.165) is 33.1 Å². The van der Waals surface area contributed by atoms with Gasteiger partial charge in [0, 0.05) is 39.5 Å². The Kier molecular flexibility index (Phi) is 2.42. The standard InChI is InChI=1S/C23H16N2O/c1-23(2)16-6-4-12-25-21(16)15-8-10-18-19(20(15)23)14-7-9-17-13(22(14)26-18)5-3-11-24-17/h3-12H,1-2H3. The molecule has 0 spiro atoms. The highest BCUT2D eigenvalue weighted by Gasteiger charge is 2.38. The molecule has 0 fully saturated rings. The number of fused-ring (bicyclic) bond motifs is 9. The summed E-state index contributed by atoms with van der Waals surface area (Å²) in [5.74, 6) is 0. The van der Waals surface area contributed by atoms with Crippen LogP contribution in [0.5, 0.6) is 0 Å². The summed E-state index contributed by atoms with van der Waals surface area (Å²) in [7, 11) is 0. The molecule has 0 bridgehead atoms. The molecule has 3 heterocycles. The summed E-state index contributed by atoms with van der Waals surface area (Å²) >= 11 is 0. The quantitative estimate of drug-likeness (QED) is 0.357. The first-order valence-electron chi connectivity index (χ1n) is 8.85. The summed E-state index contributed by atoms with van der Waals surface area (Å²) < 4.78 is 6.32. The van der Waals surface area contributed by atoms with Crippen LogP contribution >= 0.6 is 0 Å². The van der Waals surface area contributed by atoms with Gasteiger partial charge in [-0.25, -0.2) is 0 Å². The normalized spacial score (nSPS) is 14.8. The fraction of sp³-hybridized carbons (Fsp3) is 0.130. The van der Waals surface area contributed by atoms with Gasteiger partial charge in [0.25, 0.3) is 0 Å². The summed E-state index contributed by atoms with van der Waals surface area (Å²) in [5.41, 5.74) is 7.58. The van der Waals surface area contributed by atoms with Crippen LogP contribution in [-0.4, -0.2) is 9.97 Å². The van der Waals surface area contributed by atoms with Crippen LogP contribution in [0.3, 0.4) is 0 Å². The van der Waals surface area contributed by atoms with E-state index in [2.05, 4.69) is 60.2 Å². The Morgan fingerprint density at radius 3 is 2.62 bits per heavy atom. The maximum absolute atomic E-state index is 6.32. The monoisotopic (exact) mass is 336 g/mol. The second-order valence-corrected chi connectivity index (χ2v) is 7.50. The van der Waals surface area contributed by atoms with Crippen molar-refractivity contribution in [3.8, 4) is 11.3 Å². The smallest absolute Gasteiger partial charge is 0.144 e. The first-order valence-corrected chi connectivity index (χ1v) is 8.85. The minimum Gasteiger partial charge on any atom is -0.455 e. The lowest BCUT2D eigenvalue weighted by atomic mass is 9.80. The van der Waals surface area contributed by atoms with Gasteiger partial charge in [0.15, 0.2) is 0 Å². The van der Waals surface area contributed by atoms with Gasteiger partial charge in [0.2, 0.25) is 0 Å². The van der Waals surface area contributed by atoms with Crippen molar-refractivity contribution >= 4 is 32.8 Å². The Bertz CT molecular complexity index is 1360. The van der Waals surface area contributed by atoms with Crippen LogP contribution < -0.4 is 0 Å². The molecule has 0 amide bonds. The summed E-state index contributed by atoms with van der Waals surface area (Å²) in [5, 5.41) is 3.41. The number of nitrogens with zero attached hydrogens (tertiary/aromatic N) is 2. The predicted molar refractivity (Wildman–Crippen MR) is 104 cm³/mol. The zero-order valence-electron chi connectivity index (χ0n) is 14.6. The highest BCUT2D eigenvalue weighted by Crippen LogP contribution is 2.52. The average molecular weight is 336 g/mol. The van der Waals surface area contributed by atoms with Crippen molar-refractivity contribution in [3.63, 3.8) is 0 Å². The Labute approximate surface area is 150 Å². The molecule has 3 aromatic heterocycles. The molecular formula is C23H16N2O. The third-order valence-electron chi connectivity index (χ3n) is 5.75. The molecule has 0 saturated heterocycles.